The summed E-state index contributed by atoms with van der Waals surface area (Å²) in [6, 6.07) is 17.8. The van der Waals surface area contributed by atoms with Gasteiger partial charge in [0.15, 0.2) is 11.3 Å². The van der Waals surface area contributed by atoms with Crippen LogP contribution in [-0.4, -0.2) is 11.5 Å². The van der Waals surface area contributed by atoms with E-state index < -0.39 is 0 Å². The zero-order valence-corrected chi connectivity index (χ0v) is 16.1. The van der Waals surface area contributed by atoms with Crippen LogP contribution < -0.4 is 15.9 Å². The van der Waals surface area contributed by atoms with Gasteiger partial charge in [-0.1, -0.05) is 25.1 Å². The molecule has 0 unspecified atom stereocenters. The Balaban J connectivity index is 1.54. The van der Waals surface area contributed by atoms with Crippen molar-refractivity contribution in [2.24, 2.45) is 0 Å². The van der Waals surface area contributed by atoms with Crippen LogP contribution in [0.15, 0.2) is 59.0 Å². The predicted octanol–water partition coefficient (Wildman–Crippen LogP) is 5.39. The van der Waals surface area contributed by atoms with Crippen LogP contribution >= 0.6 is 0 Å². The summed E-state index contributed by atoms with van der Waals surface area (Å²) in [5, 5.41) is 3.41. The van der Waals surface area contributed by atoms with Crippen molar-refractivity contribution in [2.45, 2.75) is 20.0 Å². The summed E-state index contributed by atoms with van der Waals surface area (Å²) < 4.78 is 6.04. The predicted molar refractivity (Wildman–Crippen MR) is 113 cm³/mol. The molecule has 0 atom stereocenters. The molecule has 146 valence electrons. The average Bonchev–Trinajstić information content (AvgIpc) is 3.38. The number of nitrogens with one attached hydrogen (secondary N) is 1. The summed E-state index contributed by atoms with van der Waals surface area (Å²) in [6.07, 6.45) is 1.02. The summed E-state index contributed by atoms with van der Waals surface area (Å²) in [4.78, 5) is 15.0. The van der Waals surface area contributed by atoms with Crippen LogP contribution in [0.4, 0.5) is 11.4 Å². The molecule has 6 heteroatoms. The van der Waals surface area contributed by atoms with Gasteiger partial charge in [0.05, 0.1) is 5.56 Å². The molecule has 0 spiro atoms. The highest BCUT2D eigenvalue weighted by Gasteiger charge is 2.16. The van der Waals surface area contributed by atoms with Crippen molar-refractivity contribution in [1.29, 1.82) is 0 Å². The Kier molecular flexibility index (Phi) is 4.33. The number of aromatic nitrogens is 1. The van der Waals surface area contributed by atoms with E-state index in [2.05, 4.69) is 18.3 Å². The molecule has 6 nitrogen and oxygen atoms in total. The summed E-state index contributed by atoms with van der Waals surface area (Å²) in [5.74, 6) is 1.31. The summed E-state index contributed by atoms with van der Waals surface area (Å²) in [6.45, 7) is 3.47. The van der Waals surface area contributed by atoms with E-state index in [0.717, 1.165) is 57.8 Å². The maximum atomic E-state index is 6.04. The lowest BCUT2D eigenvalue weighted by Crippen LogP contribution is -2.02. The fraction of sp³-hybridized carbons (Fsp3) is 0.174. The van der Waals surface area contributed by atoms with Gasteiger partial charge in [-0.2, -0.15) is 4.89 Å². The van der Waals surface area contributed by atoms with Crippen molar-refractivity contribution >= 4 is 22.5 Å². The highest BCUT2D eigenvalue weighted by atomic mass is 17.2. The SMILES string of the molecule is CCCNc1ccc(N)cc1-c1nc2cc(-c3ccc4c(c3)OOC4)ccc2o1. The van der Waals surface area contributed by atoms with Gasteiger partial charge in [-0.15, -0.1) is 0 Å². The van der Waals surface area contributed by atoms with Crippen molar-refractivity contribution < 1.29 is 14.2 Å². The van der Waals surface area contributed by atoms with Crippen molar-refractivity contribution in [2.75, 3.05) is 17.6 Å². The monoisotopic (exact) mass is 387 g/mol. The van der Waals surface area contributed by atoms with Crippen LogP contribution in [-0.2, 0) is 11.5 Å². The minimum atomic E-state index is 0.482. The number of hydrogen-bond acceptors (Lipinski definition) is 6. The summed E-state index contributed by atoms with van der Waals surface area (Å²) >= 11 is 0. The maximum Gasteiger partial charge on any atom is 0.229 e. The standard InChI is InChI=1S/C23H21N3O3/c1-2-9-25-19-7-6-17(24)12-18(19)23-26-20-10-14(5-8-21(20)28-23)15-3-4-16-13-27-29-22(16)11-15/h3-8,10-12,25H,2,9,13,24H2,1H3. The number of anilines is 2. The zero-order valence-electron chi connectivity index (χ0n) is 16.1. The first-order chi connectivity index (χ1) is 14.2. The second-order valence-electron chi connectivity index (χ2n) is 7.10. The second-order valence-corrected chi connectivity index (χ2v) is 7.10. The lowest BCUT2D eigenvalue weighted by Gasteiger charge is -2.09. The first-order valence-electron chi connectivity index (χ1n) is 9.68. The van der Waals surface area contributed by atoms with Gasteiger partial charge < -0.3 is 20.4 Å². The molecule has 1 aliphatic rings. The quantitative estimate of drug-likeness (QED) is 0.353. The lowest BCUT2D eigenvalue weighted by molar-refractivity contribution is -0.194. The minimum absolute atomic E-state index is 0.482. The van der Waals surface area contributed by atoms with E-state index in [9.17, 15) is 0 Å². The van der Waals surface area contributed by atoms with Crippen molar-refractivity contribution in [3.63, 3.8) is 0 Å². The number of nitrogen functional groups attached to an aromatic ring is 1. The molecule has 0 aliphatic carbocycles. The Morgan fingerprint density at radius 3 is 2.79 bits per heavy atom. The molecule has 0 fully saturated rings. The average molecular weight is 387 g/mol. The molecule has 3 aromatic carbocycles. The third kappa shape index (κ3) is 3.28. The molecule has 1 aliphatic heterocycles. The molecule has 2 heterocycles. The molecular formula is C23H21N3O3. The molecule has 0 saturated heterocycles. The van der Waals surface area contributed by atoms with E-state index in [-0.39, 0.29) is 0 Å². The van der Waals surface area contributed by atoms with Crippen LogP contribution in [0, 0.1) is 0 Å². The fourth-order valence-electron chi connectivity index (χ4n) is 3.46. The van der Waals surface area contributed by atoms with Crippen LogP contribution in [0.1, 0.15) is 18.9 Å². The molecule has 5 rings (SSSR count). The highest BCUT2D eigenvalue weighted by molar-refractivity contribution is 5.85. The number of hydrogen-bond donors (Lipinski definition) is 2. The minimum Gasteiger partial charge on any atom is -0.436 e. The van der Waals surface area contributed by atoms with Gasteiger partial charge in [0.25, 0.3) is 0 Å². The Hall–Kier alpha value is -3.51. The molecule has 29 heavy (non-hydrogen) atoms. The summed E-state index contributed by atoms with van der Waals surface area (Å²) in [5.41, 5.74) is 13.1. The van der Waals surface area contributed by atoms with Gasteiger partial charge >= 0.3 is 0 Å². The number of rotatable bonds is 5. The third-order valence-electron chi connectivity index (χ3n) is 4.99. The molecule has 0 bridgehead atoms. The van der Waals surface area contributed by atoms with Gasteiger partial charge in [0, 0.05) is 23.5 Å². The molecular weight excluding hydrogens is 366 g/mol. The Labute approximate surface area is 168 Å². The first kappa shape index (κ1) is 17.6. The van der Waals surface area contributed by atoms with E-state index in [0.29, 0.717) is 18.2 Å². The Morgan fingerprint density at radius 2 is 1.90 bits per heavy atom. The third-order valence-corrected chi connectivity index (χ3v) is 4.99. The molecule has 1 aromatic heterocycles. The van der Waals surface area contributed by atoms with Crippen LogP contribution in [0.3, 0.4) is 0 Å². The number of oxazole rings is 1. The van der Waals surface area contributed by atoms with E-state index in [1.54, 1.807) is 0 Å². The van der Waals surface area contributed by atoms with Crippen molar-refractivity contribution in [3.05, 3.63) is 60.2 Å². The van der Waals surface area contributed by atoms with Crippen molar-refractivity contribution in [1.82, 2.24) is 4.98 Å². The smallest absolute Gasteiger partial charge is 0.229 e. The molecule has 3 N–H and O–H groups in total. The lowest BCUT2D eigenvalue weighted by atomic mass is 10.0. The van der Waals surface area contributed by atoms with Gasteiger partial charge in [-0.05, 0) is 53.9 Å². The van der Waals surface area contributed by atoms with Crippen LogP contribution in [0.2, 0.25) is 0 Å². The number of fused-ring (bicyclic) bond motifs is 2. The Bertz CT molecular complexity index is 1200. The van der Waals surface area contributed by atoms with E-state index in [1.807, 2.05) is 48.5 Å². The normalized spacial score (nSPS) is 12.7. The second kappa shape index (κ2) is 7.14. The van der Waals surface area contributed by atoms with Gasteiger partial charge in [0.1, 0.15) is 12.1 Å². The maximum absolute atomic E-state index is 6.04. The number of benzene rings is 3. The zero-order chi connectivity index (χ0) is 19.8. The van der Waals surface area contributed by atoms with Gasteiger partial charge in [-0.25, -0.2) is 4.98 Å². The molecule has 0 saturated carbocycles. The van der Waals surface area contributed by atoms with Crippen molar-refractivity contribution in [3.8, 4) is 28.3 Å². The molecule has 4 aromatic rings. The van der Waals surface area contributed by atoms with Gasteiger partial charge in [0.2, 0.25) is 5.89 Å². The number of nitrogens with two attached hydrogens (primary N) is 1. The highest BCUT2D eigenvalue weighted by Crippen LogP contribution is 2.35. The van der Waals surface area contributed by atoms with E-state index in [1.165, 1.54) is 0 Å². The summed E-state index contributed by atoms with van der Waals surface area (Å²) in [7, 11) is 0. The van der Waals surface area contributed by atoms with Gasteiger partial charge in [-0.3, -0.25) is 0 Å². The molecule has 0 amide bonds. The first-order valence-corrected chi connectivity index (χ1v) is 9.68. The van der Waals surface area contributed by atoms with E-state index >= 15 is 0 Å². The van der Waals surface area contributed by atoms with E-state index in [4.69, 9.17) is 24.9 Å². The largest absolute Gasteiger partial charge is 0.436 e. The fourth-order valence-corrected chi connectivity index (χ4v) is 3.46. The van der Waals surface area contributed by atoms with Crippen LogP contribution in [0.25, 0.3) is 33.7 Å². The number of nitrogens with zero attached hydrogens (tertiary/aromatic N) is 1. The Morgan fingerprint density at radius 1 is 1.03 bits per heavy atom. The van der Waals surface area contributed by atoms with Crippen LogP contribution in [0.5, 0.6) is 5.75 Å². The molecule has 0 radical (unpaired) electrons. The topological polar surface area (TPSA) is 82.5 Å².